The number of carbonyl (C=O) groups excluding carboxylic acids is 1. The average molecular weight is 246 g/mol. The van der Waals surface area contributed by atoms with Gasteiger partial charge in [0.2, 0.25) is 0 Å². The Hall–Kier alpha value is -2.37. The van der Waals surface area contributed by atoms with E-state index in [0.717, 1.165) is 16.7 Å². The number of nitrogens with zero attached hydrogens (tertiary/aromatic N) is 2. The molecule has 1 aromatic carbocycles. The summed E-state index contributed by atoms with van der Waals surface area (Å²) in [6, 6.07) is 5.57. The van der Waals surface area contributed by atoms with Crippen LogP contribution in [0, 0.1) is 0 Å². The van der Waals surface area contributed by atoms with Crippen molar-refractivity contribution in [3.8, 4) is 0 Å². The fourth-order valence-electron chi connectivity index (χ4n) is 1.43. The summed E-state index contributed by atoms with van der Waals surface area (Å²) < 4.78 is 4.82. The van der Waals surface area contributed by atoms with Crippen molar-refractivity contribution in [1.82, 2.24) is 9.97 Å². The first-order chi connectivity index (χ1) is 8.70. The van der Waals surface area contributed by atoms with Gasteiger partial charge in [0.15, 0.2) is 0 Å². The number of nitrogens with one attached hydrogen (secondary N) is 2. The lowest BCUT2D eigenvalue weighted by Gasteiger charge is -2.03. The number of esters is 1. The van der Waals surface area contributed by atoms with E-state index in [1.165, 1.54) is 0 Å². The van der Waals surface area contributed by atoms with E-state index in [2.05, 4.69) is 20.5 Å². The Morgan fingerprint density at radius 2 is 2.39 bits per heavy atom. The molecule has 6 nitrogen and oxygen atoms in total. The molecule has 0 fully saturated rings. The zero-order valence-electron chi connectivity index (χ0n) is 10.2. The molecular weight excluding hydrogens is 232 g/mol. The molecule has 0 spiro atoms. The standard InChI is InChI=1S/C12H14N4O2/c1-3-18-12(17)8(2)15-16-9-4-5-10-11(6-9)14-7-13-10/h4-7,16H,3H2,1-2H3,(H,13,14). The largest absolute Gasteiger partial charge is 0.461 e. The Labute approximate surface area is 104 Å². The number of hydrogen-bond donors (Lipinski definition) is 2. The Kier molecular flexibility index (Phi) is 3.57. The highest BCUT2D eigenvalue weighted by atomic mass is 16.5. The Morgan fingerprint density at radius 3 is 3.17 bits per heavy atom. The van der Waals surface area contributed by atoms with Crippen LogP contribution in [0.4, 0.5) is 5.69 Å². The Balaban J connectivity index is 2.09. The highest BCUT2D eigenvalue weighted by Gasteiger charge is 2.06. The van der Waals surface area contributed by atoms with Crippen molar-refractivity contribution in [3.05, 3.63) is 24.5 Å². The molecule has 0 unspecified atom stereocenters. The van der Waals surface area contributed by atoms with Crippen molar-refractivity contribution < 1.29 is 9.53 Å². The van der Waals surface area contributed by atoms with E-state index in [4.69, 9.17) is 4.74 Å². The number of H-pyrrole nitrogens is 1. The molecule has 1 aromatic heterocycles. The zero-order chi connectivity index (χ0) is 13.0. The number of ether oxygens (including phenoxy) is 1. The second-order valence-corrected chi connectivity index (χ2v) is 3.66. The van der Waals surface area contributed by atoms with Crippen LogP contribution in [0.25, 0.3) is 11.0 Å². The molecule has 0 aliphatic rings. The smallest absolute Gasteiger partial charge is 0.354 e. The van der Waals surface area contributed by atoms with E-state index in [1.807, 2.05) is 18.2 Å². The van der Waals surface area contributed by atoms with Gasteiger partial charge in [0.1, 0.15) is 5.71 Å². The van der Waals surface area contributed by atoms with Crippen LogP contribution in [0.15, 0.2) is 29.6 Å². The van der Waals surface area contributed by atoms with Gasteiger partial charge in [-0.05, 0) is 32.0 Å². The normalized spacial score (nSPS) is 11.6. The van der Waals surface area contributed by atoms with E-state index < -0.39 is 5.97 Å². The van der Waals surface area contributed by atoms with Gasteiger partial charge in [0, 0.05) is 0 Å². The molecule has 0 saturated heterocycles. The quantitative estimate of drug-likeness (QED) is 0.490. The minimum atomic E-state index is -0.424. The minimum absolute atomic E-state index is 0.279. The lowest BCUT2D eigenvalue weighted by molar-refractivity contribution is -0.135. The van der Waals surface area contributed by atoms with Crippen LogP contribution in [0.5, 0.6) is 0 Å². The molecule has 0 atom stereocenters. The topological polar surface area (TPSA) is 79.4 Å². The summed E-state index contributed by atoms with van der Waals surface area (Å²) in [5.41, 5.74) is 5.65. The fraction of sp³-hybridized carbons (Fsp3) is 0.250. The third kappa shape index (κ3) is 2.65. The van der Waals surface area contributed by atoms with Gasteiger partial charge in [-0.3, -0.25) is 5.43 Å². The molecule has 94 valence electrons. The van der Waals surface area contributed by atoms with E-state index in [9.17, 15) is 4.79 Å². The van der Waals surface area contributed by atoms with Crippen LogP contribution in [-0.4, -0.2) is 28.3 Å². The van der Waals surface area contributed by atoms with E-state index in [-0.39, 0.29) is 5.71 Å². The summed E-state index contributed by atoms with van der Waals surface area (Å²) in [5.74, 6) is -0.424. The first-order valence-electron chi connectivity index (χ1n) is 5.61. The molecule has 0 amide bonds. The molecule has 18 heavy (non-hydrogen) atoms. The van der Waals surface area contributed by atoms with Crippen molar-refractivity contribution >= 4 is 28.4 Å². The summed E-state index contributed by atoms with van der Waals surface area (Å²) in [5, 5.41) is 3.96. The number of carbonyl (C=O) groups is 1. The third-order valence-corrected chi connectivity index (χ3v) is 2.34. The number of hydrazone groups is 1. The van der Waals surface area contributed by atoms with E-state index in [0.29, 0.717) is 6.61 Å². The van der Waals surface area contributed by atoms with Crippen molar-refractivity contribution in [1.29, 1.82) is 0 Å². The van der Waals surface area contributed by atoms with Crippen LogP contribution < -0.4 is 5.43 Å². The van der Waals surface area contributed by atoms with E-state index in [1.54, 1.807) is 20.2 Å². The first-order valence-corrected chi connectivity index (χ1v) is 5.61. The molecule has 0 saturated carbocycles. The molecule has 0 aliphatic heterocycles. The van der Waals surface area contributed by atoms with Gasteiger partial charge >= 0.3 is 5.97 Å². The van der Waals surface area contributed by atoms with Gasteiger partial charge in [-0.1, -0.05) is 0 Å². The average Bonchev–Trinajstić information content (AvgIpc) is 2.83. The number of aromatic nitrogens is 2. The Bertz CT molecular complexity index is 589. The summed E-state index contributed by atoms with van der Waals surface area (Å²) >= 11 is 0. The van der Waals surface area contributed by atoms with Gasteiger partial charge in [-0.25, -0.2) is 9.78 Å². The number of anilines is 1. The van der Waals surface area contributed by atoms with Crippen molar-refractivity contribution in [3.63, 3.8) is 0 Å². The predicted molar refractivity (Wildman–Crippen MR) is 69.5 cm³/mol. The summed E-state index contributed by atoms with van der Waals surface area (Å²) in [7, 11) is 0. The third-order valence-electron chi connectivity index (χ3n) is 2.34. The molecule has 0 bridgehead atoms. The number of imidazole rings is 1. The zero-order valence-corrected chi connectivity index (χ0v) is 10.2. The summed E-state index contributed by atoms with van der Waals surface area (Å²) in [6.07, 6.45) is 1.63. The lowest BCUT2D eigenvalue weighted by Crippen LogP contribution is -2.15. The maximum absolute atomic E-state index is 11.3. The predicted octanol–water partition coefficient (Wildman–Crippen LogP) is 1.91. The molecule has 2 N–H and O–H groups in total. The SMILES string of the molecule is CCOC(=O)C(C)=NNc1ccc2nc[nH]c2c1. The molecule has 2 aromatic rings. The van der Waals surface area contributed by atoms with Crippen LogP contribution in [0.2, 0.25) is 0 Å². The fourth-order valence-corrected chi connectivity index (χ4v) is 1.43. The maximum Gasteiger partial charge on any atom is 0.354 e. The maximum atomic E-state index is 11.3. The molecular formula is C12H14N4O2. The van der Waals surface area contributed by atoms with Crippen LogP contribution in [-0.2, 0) is 9.53 Å². The Morgan fingerprint density at radius 1 is 1.56 bits per heavy atom. The van der Waals surface area contributed by atoms with E-state index >= 15 is 0 Å². The van der Waals surface area contributed by atoms with Gasteiger partial charge < -0.3 is 9.72 Å². The number of hydrogen-bond acceptors (Lipinski definition) is 5. The monoisotopic (exact) mass is 246 g/mol. The molecule has 6 heteroatoms. The number of fused-ring (bicyclic) bond motifs is 1. The van der Waals surface area contributed by atoms with Crippen molar-refractivity contribution in [2.75, 3.05) is 12.0 Å². The van der Waals surface area contributed by atoms with Gasteiger partial charge in [-0.2, -0.15) is 5.10 Å². The highest BCUT2D eigenvalue weighted by molar-refractivity contribution is 6.35. The lowest BCUT2D eigenvalue weighted by atomic mass is 10.3. The van der Waals surface area contributed by atoms with Crippen LogP contribution in [0.1, 0.15) is 13.8 Å². The highest BCUT2D eigenvalue weighted by Crippen LogP contribution is 2.15. The number of aromatic amines is 1. The molecule has 0 aliphatic carbocycles. The second kappa shape index (κ2) is 5.31. The number of benzene rings is 1. The molecule has 1 heterocycles. The van der Waals surface area contributed by atoms with Gasteiger partial charge in [-0.15, -0.1) is 0 Å². The first kappa shape index (κ1) is 12.1. The van der Waals surface area contributed by atoms with Gasteiger partial charge in [0.05, 0.1) is 29.7 Å². The molecule has 0 radical (unpaired) electrons. The summed E-state index contributed by atoms with van der Waals surface area (Å²) in [6.45, 7) is 3.69. The second-order valence-electron chi connectivity index (χ2n) is 3.66. The molecule has 2 rings (SSSR count). The van der Waals surface area contributed by atoms with Crippen LogP contribution >= 0.6 is 0 Å². The number of rotatable bonds is 4. The summed E-state index contributed by atoms with van der Waals surface area (Å²) in [4.78, 5) is 18.4. The van der Waals surface area contributed by atoms with Crippen molar-refractivity contribution in [2.24, 2.45) is 5.10 Å². The van der Waals surface area contributed by atoms with Gasteiger partial charge in [0.25, 0.3) is 0 Å². The van der Waals surface area contributed by atoms with Crippen LogP contribution in [0.3, 0.4) is 0 Å². The minimum Gasteiger partial charge on any atom is -0.461 e. The van der Waals surface area contributed by atoms with Crippen molar-refractivity contribution in [2.45, 2.75) is 13.8 Å².